The third-order valence-corrected chi connectivity index (χ3v) is 3.84. The largest absolute Gasteiger partial charge is 0.406 e. The second-order valence-electron chi connectivity index (χ2n) is 4.83. The number of carbonyl (C=O) groups excluding carboxylic acids is 1. The number of rotatable bonds is 5. The molecule has 0 N–H and O–H groups in total. The number of aryl methyl sites for hydroxylation is 1. The minimum absolute atomic E-state index is 0.120. The number of ether oxygens (including phenoxy) is 2. The molecular formula is C15H16Cl2N2O3. The van der Waals surface area contributed by atoms with Crippen LogP contribution in [0.25, 0.3) is 0 Å². The molecule has 1 heterocycles. The van der Waals surface area contributed by atoms with Crippen LogP contribution in [0.2, 0.25) is 10.0 Å². The first kappa shape index (κ1) is 16.8. The third kappa shape index (κ3) is 3.80. The molecule has 0 aliphatic heterocycles. The Bertz CT molecular complexity index is 685. The summed E-state index contributed by atoms with van der Waals surface area (Å²) in [5.74, 6) is -0.122. The van der Waals surface area contributed by atoms with Crippen LogP contribution in [0.1, 0.15) is 24.2 Å². The van der Waals surface area contributed by atoms with Crippen molar-refractivity contribution in [3.63, 3.8) is 0 Å². The molecule has 0 amide bonds. The Morgan fingerprint density at radius 1 is 1.32 bits per heavy atom. The maximum absolute atomic E-state index is 11.6. The average Bonchev–Trinajstić information content (AvgIpc) is 2.82. The van der Waals surface area contributed by atoms with Gasteiger partial charge in [0.1, 0.15) is 6.61 Å². The van der Waals surface area contributed by atoms with E-state index in [1.165, 1.54) is 7.11 Å². The van der Waals surface area contributed by atoms with Crippen molar-refractivity contribution in [1.82, 2.24) is 9.78 Å². The molecule has 2 rings (SSSR count). The van der Waals surface area contributed by atoms with Gasteiger partial charge in [-0.05, 0) is 31.5 Å². The van der Waals surface area contributed by atoms with Crippen molar-refractivity contribution in [2.75, 3.05) is 13.7 Å². The van der Waals surface area contributed by atoms with Gasteiger partial charge in [-0.25, -0.2) is 9.48 Å². The van der Waals surface area contributed by atoms with Crippen LogP contribution in [0.3, 0.4) is 0 Å². The first-order valence-electron chi connectivity index (χ1n) is 6.63. The van der Waals surface area contributed by atoms with Crippen molar-refractivity contribution in [1.29, 1.82) is 0 Å². The Hall–Kier alpha value is -1.56. The zero-order valence-electron chi connectivity index (χ0n) is 12.5. The molecule has 0 saturated carbocycles. The molecule has 0 spiro atoms. The SMILES string of the molecule is COCC(=O)Oc1cc(C)nn1C(C)c1ccc(Cl)c(Cl)c1. The van der Waals surface area contributed by atoms with Crippen molar-refractivity contribution in [3.8, 4) is 5.88 Å². The smallest absolute Gasteiger partial charge is 0.338 e. The maximum atomic E-state index is 11.6. The van der Waals surface area contributed by atoms with E-state index in [4.69, 9.17) is 32.7 Å². The van der Waals surface area contributed by atoms with E-state index in [1.807, 2.05) is 19.9 Å². The van der Waals surface area contributed by atoms with E-state index >= 15 is 0 Å². The van der Waals surface area contributed by atoms with E-state index in [2.05, 4.69) is 5.10 Å². The molecule has 5 nitrogen and oxygen atoms in total. The van der Waals surface area contributed by atoms with E-state index < -0.39 is 5.97 Å². The molecule has 1 aromatic heterocycles. The fourth-order valence-corrected chi connectivity index (χ4v) is 2.33. The monoisotopic (exact) mass is 342 g/mol. The summed E-state index contributed by atoms with van der Waals surface area (Å²) in [4.78, 5) is 11.6. The van der Waals surface area contributed by atoms with Crippen LogP contribution < -0.4 is 4.74 Å². The first-order chi connectivity index (χ1) is 10.4. The van der Waals surface area contributed by atoms with Gasteiger partial charge in [-0.3, -0.25) is 0 Å². The Kier molecular flexibility index (Phi) is 5.45. The number of benzene rings is 1. The highest BCUT2D eigenvalue weighted by Gasteiger charge is 2.18. The second-order valence-corrected chi connectivity index (χ2v) is 5.64. The van der Waals surface area contributed by atoms with Gasteiger partial charge in [0.15, 0.2) is 0 Å². The summed E-state index contributed by atoms with van der Waals surface area (Å²) < 4.78 is 11.7. The van der Waals surface area contributed by atoms with E-state index in [9.17, 15) is 4.79 Å². The third-order valence-electron chi connectivity index (χ3n) is 3.10. The Morgan fingerprint density at radius 2 is 2.05 bits per heavy atom. The lowest BCUT2D eigenvalue weighted by Crippen LogP contribution is -2.18. The number of hydrogen-bond acceptors (Lipinski definition) is 4. The molecule has 22 heavy (non-hydrogen) atoms. The van der Waals surface area contributed by atoms with Crippen LogP contribution in [0.15, 0.2) is 24.3 Å². The molecule has 1 unspecified atom stereocenters. The summed E-state index contributed by atoms with van der Waals surface area (Å²) in [5, 5.41) is 5.33. The fourth-order valence-electron chi connectivity index (χ4n) is 2.02. The number of methoxy groups -OCH3 is 1. The lowest BCUT2D eigenvalue weighted by Gasteiger charge is -2.16. The number of halogens is 2. The number of nitrogens with zero attached hydrogens (tertiary/aromatic N) is 2. The Balaban J connectivity index is 2.30. The van der Waals surface area contributed by atoms with Crippen LogP contribution in [0.4, 0.5) is 0 Å². The lowest BCUT2D eigenvalue weighted by atomic mass is 10.1. The standard InChI is InChI=1S/C15H16Cl2N2O3/c1-9-6-14(22-15(20)8-21-3)19(18-9)10(2)11-4-5-12(16)13(17)7-11/h4-7,10H,8H2,1-3H3. The molecule has 2 aromatic rings. The van der Waals surface area contributed by atoms with Crippen molar-refractivity contribution < 1.29 is 14.3 Å². The van der Waals surface area contributed by atoms with Gasteiger partial charge >= 0.3 is 5.97 Å². The zero-order valence-corrected chi connectivity index (χ0v) is 14.0. The average molecular weight is 343 g/mol. The number of esters is 1. The van der Waals surface area contributed by atoms with Crippen LogP contribution in [0.5, 0.6) is 5.88 Å². The van der Waals surface area contributed by atoms with Gasteiger partial charge in [0.05, 0.1) is 21.8 Å². The van der Waals surface area contributed by atoms with Gasteiger partial charge in [0, 0.05) is 13.2 Å². The molecule has 1 atom stereocenters. The van der Waals surface area contributed by atoms with Gasteiger partial charge in [0.25, 0.3) is 0 Å². The summed E-state index contributed by atoms with van der Waals surface area (Å²) in [6.07, 6.45) is 0. The highest BCUT2D eigenvalue weighted by molar-refractivity contribution is 6.42. The number of hydrogen-bond donors (Lipinski definition) is 0. The summed E-state index contributed by atoms with van der Waals surface area (Å²) >= 11 is 12.0. The van der Waals surface area contributed by atoms with E-state index in [0.29, 0.717) is 15.9 Å². The number of carbonyl (C=O) groups is 1. The fraction of sp³-hybridized carbons (Fsp3) is 0.333. The molecule has 0 aliphatic rings. The molecule has 0 bridgehead atoms. The van der Waals surface area contributed by atoms with Gasteiger partial charge in [-0.15, -0.1) is 0 Å². The van der Waals surface area contributed by atoms with Gasteiger partial charge in [-0.1, -0.05) is 29.3 Å². The molecule has 1 aromatic carbocycles. The normalized spacial score (nSPS) is 12.2. The summed E-state index contributed by atoms with van der Waals surface area (Å²) in [6, 6.07) is 6.88. The predicted octanol–water partition coefficient (Wildman–Crippen LogP) is 3.66. The van der Waals surface area contributed by atoms with Crippen molar-refractivity contribution in [2.24, 2.45) is 0 Å². The topological polar surface area (TPSA) is 53.4 Å². The van der Waals surface area contributed by atoms with E-state index in [0.717, 1.165) is 11.3 Å². The second kappa shape index (κ2) is 7.13. The Labute approximate surface area is 138 Å². The maximum Gasteiger partial charge on any atom is 0.338 e. The van der Waals surface area contributed by atoms with Crippen LogP contribution in [-0.2, 0) is 9.53 Å². The minimum atomic E-state index is -0.481. The van der Waals surface area contributed by atoms with Crippen LogP contribution >= 0.6 is 23.2 Å². The minimum Gasteiger partial charge on any atom is -0.406 e. The van der Waals surface area contributed by atoms with Crippen LogP contribution in [0, 0.1) is 6.92 Å². The zero-order chi connectivity index (χ0) is 16.3. The van der Waals surface area contributed by atoms with Gasteiger partial charge in [0.2, 0.25) is 5.88 Å². The molecule has 0 saturated heterocycles. The first-order valence-corrected chi connectivity index (χ1v) is 7.38. The summed E-state index contributed by atoms with van der Waals surface area (Å²) in [5.41, 5.74) is 1.65. The highest BCUT2D eigenvalue weighted by Crippen LogP contribution is 2.29. The van der Waals surface area contributed by atoms with Crippen molar-refractivity contribution in [2.45, 2.75) is 19.9 Å². The molecule has 0 aliphatic carbocycles. The predicted molar refractivity (Wildman–Crippen MR) is 84.8 cm³/mol. The molecule has 0 fully saturated rings. The molecule has 7 heteroatoms. The summed E-state index contributed by atoms with van der Waals surface area (Å²) in [6.45, 7) is 3.64. The van der Waals surface area contributed by atoms with E-state index in [1.54, 1.807) is 22.9 Å². The molecular weight excluding hydrogens is 327 g/mol. The van der Waals surface area contributed by atoms with E-state index in [-0.39, 0.29) is 12.6 Å². The molecule has 118 valence electrons. The quantitative estimate of drug-likeness (QED) is 0.778. The summed E-state index contributed by atoms with van der Waals surface area (Å²) in [7, 11) is 1.43. The van der Waals surface area contributed by atoms with Gasteiger partial charge in [-0.2, -0.15) is 5.10 Å². The molecule has 0 radical (unpaired) electrons. The number of aromatic nitrogens is 2. The van der Waals surface area contributed by atoms with Crippen molar-refractivity contribution >= 4 is 29.2 Å². The van der Waals surface area contributed by atoms with Crippen molar-refractivity contribution in [3.05, 3.63) is 45.6 Å². The highest BCUT2D eigenvalue weighted by atomic mass is 35.5. The van der Waals surface area contributed by atoms with Crippen LogP contribution in [-0.4, -0.2) is 29.5 Å². The Morgan fingerprint density at radius 3 is 2.68 bits per heavy atom. The van der Waals surface area contributed by atoms with Gasteiger partial charge < -0.3 is 9.47 Å². The lowest BCUT2D eigenvalue weighted by molar-refractivity contribution is -0.139.